The molecule has 0 saturated carbocycles. The van der Waals surface area contributed by atoms with Gasteiger partial charge < -0.3 is 6.92 Å². The van der Waals surface area contributed by atoms with Gasteiger partial charge in [0.05, 0.1) is 0 Å². The maximum Gasteiger partial charge on any atom is 1.00 e. The van der Waals surface area contributed by atoms with E-state index in [0.29, 0.717) is 0 Å². The third kappa shape index (κ3) is 10.7. The van der Waals surface area contributed by atoms with Crippen LogP contribution < -0.4 is 18.9 Å². The van der Waals surface area contributed by atoms with Crippen LogP contribution in [0.4, 0.5) is 0 Å². The maximum absolute atomic E-state index is 3.77. The van der Waals surface area contributed by atoms with E-state index in [1.165, 1.54) is 0 Å². The summed E-state index contributed by atoms with van der Waals surface area (Å²) in [4.78, 5) is 0. The molecular weight excluding hydrogens is 79.0 g/mol. The first-order chi connectivity index (χ1) is 2.56. The first-order valence-corrected chi connectivity index (χ1v) is 2.05. The van der Waals surface area contributed by atoms with E-state index in [1.807, 2.05) is 19.9 Å². The topological polar surface area (TPSA) is 0 Å². The van der Waals surface area contributed by atoms with Crippen molar-refractivity contribution in [2.75, 3.05) is 0 Å². The Balaban J connectivity index is 0. The second-order valence-corrected chi connectivity index (χ2v) is 2.19. The fraction of sp³-hybridized carbons (Fsp3) is 0.500. The van der Waals surface area contributed by atoms with Crippen molar-refractivity contribution in [3.8, 4) is 0 Å². The summed E-state index contributed by atoms with van der Waals surface area (Å²) in [6, 6.07) is 0. The van der Waals surface area contributed by atoms with Crippen LogP contribution in [0.2, 0.25) is 0 Å². The van der Waals surface area contributed by atoms with E-state index < -0.39 is 0 Å². The number of allylic oxidation sites excluding steroid dienone is 1. The van der Waals surface area contributed by atoms with Crippen LogP contribution in [0.15, 0.2) is 12.7 Å². The van der Waals surface area contributed by atoms with Gasteiger partial charge in [-0.25, -0.2) is 0 Å². The third-order valence-corrected chi connectivity index (χ3v) is 0.553. The molecule has 0 unspecified atom stereocenters. The molecule has 0 rings (SSSR count). The fourth-order valence-electron chi connectivity index (χ4n) is 0. The van der Waals surface area contributed by atoms with E-state index in [-0.39, 0.29) is 24.3 Å². The van der Waals surface area contributed by atoms with E-state index in [0.717, 1.165) is 0 Å². The summed E-state index contributed by atoms with van der Waals surface area (Å²) < 4.78 is 0. The molecule has 1 heteroatoms. The van der Waals surface area contributed by atoms with E-state index in [1.54, 1.807) is 0 Å². The van der Waals surface area contributed by atoms with E-state index in [4.69, 9.17) is 0 Å². The number of rotatable bonds is 1. The van der Waals surface area contributed by atoms with Gasteiger partial charge in [-0.15, -0.1) is 18.1 Å². The molecule has 0 amide bonds. The zero-order valence-electron chi connectivity index (χ0n) is 5.49. The van der Waals surface area contributed by atoms with Crippen LogP contribution in [0, 0.1) is 12.3 Å². The van der Waals surface area contributed by atoms with Crippen molar-refractivity contribution >= 4 is 0 Å². The van der Waals surface area contributed by atoms with Crippen LogP contribution in [-0.4, -0.2) is 0 Å². The minimum Gasteiger partial charge on any atom is -0.334 e. The van der Waals surface area contributed by atoms with Gasteiger partial charge >= 0.3 is 18.9 Å². The molecule has 0 aromatic carbocycles. The molecule has 0 heterocycles. The van der Waals surface area contributed by atoms with Crippen LogP contribution >= 0.6 is 0 Å². The largest absolute Gasteiger partial charge is 1.00 e. The molecule has 0 aliphatic carbocycles. The molecule has 0 saturated heterocycles. The summed E-state index contributed by atoms with van der Waals surface area (Å²) >= 11 is 0. The van der Waals surface area contributed by atoms with E-state index >= 15 is 0 Å². The van der Waals surface area contributed by atoms with Gasteiger partial charge in [0.1, 0.15) is 0 Å². The van der Waals surface area contributed by atoms with Crippen molar-refractivity contribution in [1.29, 1.82) is 0 Å². The summed E-state index contributed by atoms with van der Waals surface area (Å²) in [5.41, 5.74) is 0.0556. The molecule has 0 aromatic rings. The molecule has 36 valence electrons. The molecule has 0 N–H and O–H groups in total. The second-order valence-electron chi connectivity index (χ2n) is 2.19. The van der Waals surface area contributed by atoms with Crippen molar-refractivity contribution in [3.63, 3.8) is 0 Å². The summed E-state index contributed by atoms with van der Waals surface area (Å²) in [5, 5.41) is 0. The average molecular weight is 90.1 g/mol. The van der Waals surface area contributed by atoms with Crippen LogP contribution in [-0.2, 0) is 0 Å². The molecule has 0 radical (unpaired) electrons. The van der Waals surface area contributed by atoms with Gasteiger partial charge in [-0.2, -0.15) is 0 Å². The molecule has 7 heavy (non-hydrogen) atoms. The SMILES string of the molecule is C=CC([CH2-])(C)C.[Li+]. The molecule has 0 aromatic heterocycles. The molecule has 0 spiro atoms. The maximum atomic E-state index is 3.77. The molecule has 0 atom stereocenters. The van der Waals surface area contributed by atoms with Gasteiger partial charge in [-0.3, -0.25) is 0 Å². The first-order valence-electron chi connectivity index (χ1n) is 2.05. The van der Waals surface area contributed by atoms with Gasteiger partial charge in [-0.1, -0.05) is 13.8 Å². The molecule has 0 aliphatic heterocycles. The standard InChI is InChI=1S/C6H11.Li/c1-5-6(2,3)4;/h5H,1-2H2,3-4H3;/q-1;+1. The van der Waals surface area contributed by atoms with Gasteiger partial charge in [-0.05, 0) is 0 Å². The molecule has 0 fully saturated rings. The zero-order chi connectivity index (χ0) is 5.21. The smallest absolute Gasteiger partial charge is 0.334 e. The quantitative estimate of drug-likeness (QED) is 0.221. The van der Waals surface area contributed by atoms with Gasteiger partial charge in [0.15, 0.2) is 0 Å². The second kappa shape index (κ2) is 3.35. The average Bonchev–Trinajstić information content (AvgIpc) is 1.35. The minimum atomic E-state index is 0. The Hall–Kier alpha value is 0.337. The van der Waals surface area contributed by atoms with Crippen molar-refractivity contribution in [1.82, 2.24) is 0 Å². The van der Waals surface area contributed by atoms with E-state index in [2.05, 4.69) is 13.5 Å². The Morgan fingerprint density at radius 1 is 1.57 bits per heavy atom. The van der Waals surface area contributed by atoms with Crippen LogP contribution in [0.25, 0.3) is 0 Å². The minimum absolute atomic E-state index is 0. The van der Waals surface area contributed by atoms with Crippen molar-refractivity contribution in [2.24, 2.45) is 5.41 Å². The Morgan fingerprint density at radius 2 is 1.71 bits per heavy atom. The van der Waals surface area contributed by atoms with Crippen LogP contribution in [0.5, 0.6) is 0 Å². The molecular formula is C6H11Li. The normalized spacial score (nSPS) is 9.57. The molecule has 0 bridgehead atoms. The van der Waals surface area contributed by atoms with Crippen LogP contribution in [0.1, 0.15) is 13.8 Å². The Morgan fingerprint density at radius 3 is 1.71 bits per heavy atom. The Labute approximate surface area is 58.2 Å². The molecule has 0 nitrogen and oxygen atoms in total. The van der Waals surface area contributed by atoms with Crippen molar-refractivity contribution in [2.45, 2.75) is 13.8 Å². The van der Waals surface area contributed by atoms with E-state index in [9.17, 15) is 0 Å². The van der Waals surface area contributed by atoms with Gasteiger partial charge in [0.2, 0.25) is 0 Å². The monoisotopic (exact) mass is 90.1 g/mol. The number of hydrogen-bond acceptors (Lipinski definition) is 0. The molecule has 0 aliphatic rings. The van der Waals surface area contributed by atoms with Crippen LogP contribution in [0.3, 0.4) is 0 Å². The number of hydrogen-bond donors (Lipinski definition) is 0. The fourth-order valence-corrected chi connectivity index (χ4v) is 0. The Kier molecular flexibility index (Phi) is 4.96. The van der Waals surface area contributed by atoms with Crippen molar-refractivity contribution in [3.05, 3.63) is 19.6 Å². The third-order valence-electron chi connectivity index (χ3n) is 0.553. The summed E-state index contributed by atoms with van der Waals surface area (Å²) in [5.74, 6) is 0. The summed E-state index contributed by atoms with van der Waals surface area (Å²) in [7, 11) is 0. The zero-order valence-corrected chi connectivity index (χ0v) is 5.49. The predicted molar refractivity (Wildman–Crippen MR) is 29.3 cm³/mol. The summed E-state index contributed by atoms with van der Waals surface area (Å²) in [6.07, 6.45) is 1.83. The Bertz CT molecular complexity index is 49.7. The van der Waals surface area contributed by atoms with Gasteiger partial charge in [0.25, 0.3) is 0 Å². The first kappa shape index (κ1) is 10.3. The predicted octanol–water partition coefficient (Wildman–Crippen LogP) is -0.963. The van der Waals surface area contributed by atoms with Crippen molar-refractivity contribution < 1.29 is 18.9 Å². The summed E-state index contributed by atoms with van der Waals surface area (Å²) in [6.45, 7) is 11.4. The van der Waals surface area contributed by atoms with Gasteiger partial charge in [0, 0.05) is 0 Å².